The SMILES string of the molecule is COc1ccc(S(=O)(=O)Nc2ccc(-c3nnc(SCC(=O)Nc4cccc(C)c4)o3)cc2)cc1. The normalized spacial score (nSPS) is 11.1. The second kappa shape index (κ2) is 10.6. The number of carbonyl (C=O) groups excluding carboxylic acids is 1. The highest BCUT2D eigenvalue weighted by Gasteiger charge is 2.15. The van der Waals surface area contributed by atoms with E-state index in [1.807, 2.05) is 31.2 Å². The minimum atomic E-state index is -3.75. The van der Waals surface area contributed by atoms with Crippen LogP contribution in [0.15, 0.2) is 87.3 Å². The number of aromatic nitrogens is 2. The Hall–Kier alpha value is -3.83. The molecule has 35 heavy (non-hydrogen) atoms. The maximum absolute atomic E-state index is 12.6. The minimum Gasteiger partial charge on any atom is -0.497 e. The summed E-state index contributed by atoms with van der Waals surface area (Å²) in [5.74, 6) is 0.754. The molecule has 0 unspecified atom stereocenters. The third-order valence-corrected chi connectivity index (χ3v) is 7.00. The fourth-order valence-corrected chi connectivity index (χ4v) is 4.70. The lowest BCUT2D eigenvalue weighted by Crippen LogP contribution is -2.13. The fraction of sp³-hybridized carbons (Fsp3) is 0.125. The Morgan fingerprint density at radius 2 is 1.74 bits per heavy atom. The van der Waals surface area contributed by atoms with Gasteiger partial charge in [0.2, 0.25) is 11.8 Å². The molecule has 3 aromatic carbocycles. The van der Waals surface area contributed by atoms with Gasteiger partial charge >= 0.3 is 0 Å². The van der Waals surface area contributed by atoms with Crippen LogP contribution >= 0.6 is 11.8 Å². The highest BCUT2D eigenvalue weighted by molar-refractivity contribution is 7.99. The molecule has 0 aliphatic rings. The first-order valence-electron chi connectivity index (χ1n) is 10.4. The third-order valence-electron chi connectivity index (χ3n) is 4.79. The average molecular weight is 511 g/mol. The van der Waals surface area contributed by atoms with E-state index in [2.05, 4.69) is 20.2 Å². The van der Waals surface area contributed by atoms with E-state index in [4.69, 9.17) is 9.15 Å². The monoisotopic (exact) mass is 510 g/mol. The van der Waals surface area contributed by atoms with Crippen LogP contribution < -0.4 is 14.8 Å². The zero-order valence-electron chi connectivity index (χ0n) is 18.9. The van der Waals surface area contributed by atoms with Crippen LogP contribution in [-0.4, -0.2) is 37.4 Å². The van der Waals surface area contributed by atoms with Crippen molar-refractivity contribution >= 4 is 39.1 Å². The van der Waals surface area contributed by atoms with Crippen molar-refractivity contribution in [1.82, 2.24) is 10.2 Å². The fourth-order valence-electron chi connectivity index (χ4n) is 3.08. The first kappa shape index (κ1) is 24.3. The zero-order valence-corrected chi connectivity index (χ0v) is 20.5. The maximum atomic E-state index is 12.6. The largest absolute Gasteiger partial charge is 0.497 e. The van der Waals surface area contributed by atoms with Gasteiger partial charge in [-0.1, -0.05) is 23.9 Å². The quantitative estimate of drug-likeness (QED) is 0.314. The topological polar surface area (TPSA) is 123 Å². The van der Waals surface area contributed by atoms with Crippen molar-refractivity contribution < 1.29 is 22.4 Å². The molecule has 1 aromatic heterocycles. The number of thioether (sulfide) groups is 1. The smallest absolute Gasteiger partial charge is 0.277 e. The molecular weight excluding hydrogens is 488 g/mol. The van der Waals surface area contributed by atoms with Crippen LogP contribution in [0.3, 0.4) is 0 Å². The molecule has 0 bridgehead atoms. The minimum absolute atomic E-state index is 0.113. The highest BCUT2D eigenvalue weighted by Crippen LogP contribution is 2.26. The van der Waals surface area contributed by atoms with Crippen molar-refractivity contribution in [3.8, 4) is 17.2 Å². The van der Waals surface area contributed by atoms with Crippen LogP contribution in [0.25, 0.3) is 11.5 Å². The molecule has 0 fully saturated rings. The Bertz CT molecular complexity index is 1420. The van der Waals surface area contributed by atoms with Crippen molar-refractivity contribution in [3.05, 3.63) is 78.4 Å². The summed E-state index contributed by atoms with van der Waals surface area (Å²) in [7, 11) is -2.24. The number of amides is 1. The third kappa shape index (κ3) is 6.40. The Morgan fingerprint density at radius 1 is 1.00 bits per heavy atom. The van der Waals surface area contributed by atoms with Gasteiger partial charge in [0.15, 0.2) is 0 Å². The van der Waals surface area contributed by atoms with Crippen LogP contribution in [0.1, 0.15) is 5.56 Å². The van der Waals surface area contributed by atoms with Crippen LogP contribution in [-0.2, 0) is 14.8 Å². The summed E-state index contributed by atoms with van der Waals surface area (Å²) in [6, 6.07) is 20.1. The Morgan fingerprint density at radius 3 is 2.43 bits per heavy atom. The maximum Gasteiger partial charge on any atom is 0.277 e. The second-order valence-corrected chi connectivity index (χ2v) is 10.0. The molecule has 0 atom stereocenters. The first-order valence-corrected chi connectivity index (χ1v) is 12.9. The summed E-state index contributed by atoms with van der Waals surface area (Å²) in [5.41, 5.74) is 2.77. The van der Waals surface area contributed by atoms with Gasteiger partial charge in [-0.05, 0) is 73.2 Å². The number of hydrogen-bond donors (Lipinski definition) is 2. The highest BCUT2D eigenvalue weighted by atomic mass is 32.2. The van der Waals surface area contributed by atoms with Gasteiger partial charge in [-0.2, -0.15) is 0 Å². The standard InChI is InChI=1S/C24H22N4O5S2/c1-16-4-3-5-19(14-16)25-22(29)15-34-24-27-26-23(33-24)17-6-8-18(9-7-17)28-35(30,31)21-12-10-20(32-2)11-13-21/h3-14,28H,15H2,1-2H3,(H,25,29). The van der Waals surface area contributed by atoms with E-state index < -0.39 is 10.0 Å². The van der Waals surface area contributed by atoms with E-state index >= 15 is 0 Å². The van der Waals surface area contributed by atoms with Crippen LogP contribution in [0.5, 0.6) is 5.75 Å². The number of nitrogens with zero attached hydrogens (tertiary/aromatic N) is 2. The van der Waals surface area contributed by atoms with Gasteiger partial charge in [-0.3, -0.25) is 9.52 Å². The molecule has 0 saturated heterocycles. The summed E-state index contributed by atoms with van der Waals surface area (Å²) >= 11 is 1.13. The van der Waals surface area contributed by atoms with Gasteiger partial charge in [0.25, 0.3) is 15.2 Å². The predicted octanol–water partition coefficient (Wildman–Crippen LogP) is 4.59. The Balaban J connectivity index is 1.35. The lowest BCUT2D eigenvalue weighted by Gasteiger charge is -2.09. The molecule has 0 aliphatic carbocycles. The van der Waals surface area contributed by atoms with E-state index in [9.17, 15) is 13.2 Å². The lowest BCUT2D eigenvalue weighted by molar-refractivity contribution is -0.113. The van der Waals surface area contributed by atoms with Gasteiger partial charge in [-0.15, -0.1) is 10.2 Å². The van der Waals surface area contributed by atoms with Crippen LogP contribution in [0.2, 0.25) is 0 Å². The second-order valence-electron chi connectivity index (χ2n) is 7.44. The number of sulfonamides is 1. The number of rotatable bonds is 9. The molecule has 0 spiro atoms. The summed E-state index contributed by atoms with van der Waals surface area (Å²) in [6.07, 6.45) is 0. The molecular formula is C24H22N4O5S2. The summed E-state index contributed by atoms with van der Waals surface area (Å²) in [6.45, 7) is 1.95. The molecule has 0 aliphatic heterocycles. The van der Waals surface area contributed by atoms with Crippen molar-refractivity contribution in [3.63, 3.8) is 0 Å². The van der Waals surface area contributed by atoms with Crippen molar-refractivity contribution in [2.75, 3.05) is 22.9 Å². The van der Waals surface area contributed by atoms with Gasteiger partial charge in [0.1, 0.15) is 5.75 Å². The first-order chi connectivity index (χ1) is 16.8. The predicted molar refractivity (Wildman–Crippen MR) is 134 cm³/mol. The van der Waals surface area contributed by atoms with Crippen molar-refractivity contribution in [1.29, 1.82) is 0 Å². The summed E-state index contributed by atoms with van der Waals surface area (Å²) in [5, 5.41) is 11.0. The molecule has 1 amide bonds. The van der Waals surface area contributed by atoms with Crippen molar-refractivity contribution in [2.45, 2.75) is 17.0 Å². The molecule has 9 nitrogen and oxygen atoms in total. The average Bonchev–Trinajstić information content (AvgIpc) is 3.32. The van der Waals surface area contributed by atoms with Crippen LogP contribution in [0.4, 0.5) is 11.4 Å². The molecule has 0 saturated carbocycles. The van der Waals surface area contributed by atoms with E-state index in [0.717, 1.165) is 23.0 Å². The number of carbonyl (C=O) groups is 1. The summed E-state index contributed by atoms with van der Waals surface area (Å²) in [4.78, 5) is 12.3. The molecule has 4 rings (SSSR count). The van der Waals surface area contributed by atoms with Gasteiger partial charge < -0.3 is 14.5 Å². The van der Waals surface area contributed by atoms with E-state index in [1.54, 1.807) is 36.4 Å². The van der Waals surface area contributed by atoms with Gasteiger partial charge in [-0.25, -0.2) is 8.42 Å². The molecule has 180 valence electrons. The molecule has 0 radical (unpaired) electrons. The Labute approximate surface area is 207 Å². The van der Waals surface area contributed by atoms with E-state index in [1.165, 1.54) is 19.2 Å². The number of nitrogens with one attached hydrogen (secondary N) is 2. The number of anilines is 2. The van der Waals surface area contributed by atoms with Crippen LogP contribution in [0, 0.1) is 6.92 Å². The number of ether oxygens (including phenoxy) is 1. The molecule has 4 aromatic rings. The summed E-state index contributed by atoms with van der Waals surface area (Å²) < 4.78 is 38.4. The molecule has 1 heterocycles. The Kier molecular flexibility index (Phi) is 7.37. The van der Waals surface area contributed by atoms with E-state index in [-0.39, 0.29) is 27.7 Å². The number of hydrogen-bond acceptors (Lipinski definition) is 8. The molecule has 11 heteroatoms. The number of aryl methyl sites for hydroxylation is 1. The lowest BCUT2D eigenvalue weighted by atomic mass is 10.2. The van der Waals surface area contributed by atoms with Gasteiger partial charge in [0, 0.05) is 16.9 Å². The zero-order chi connectivity index (χ0) is 24.8. The number of methoxy groups -OCH3 is 1. The van der Waals surface area contributed by atoms with E-state index in [0.29, 0.717) is 17.0 Å². The number of benzene rings is 3. The van der Waals surface area contributed by atoms with Gasteiger partial charge in [0.05, 0.1) is 17.8 Å². The molecule has 2 N–H and O–H groups in total. The van der Waals surface area contributed by atoms with Crippen molar-refractivity contribution in [2.24, 2.45) is 0 Å².